The maximum Gasteiger partial charge on any atom is 0.330 e. The lowest BCUT2D eigenvalue weighted by Gasteiger charge is -2.05. The van der Waals surface area contributed by atoms with Crippen molar-refractivity contribution < 1.29 is 9.53 Å². The molecule has 12 heavy (non-hydrogen) atoms. The Balaban J connectivity index is 3.88. The molecule has 0 bridgehead atoms. The molecule has 0 rings (SSSR count). The Hall–Kier alpha value is -0.790. The molecule has 0 amide bonds. The molecule has 0 radical (unpaired) electrons. The molecule has 0 heterocycles. The van der Waals surface area contributed by atoms with Crippen LogP contribution >= 0.6 is 0 Å². The Kier molecular flexibility index (Phi) is 5.43. The molecule has 0 aromatic heterocycles. The van der Waals surface area contributed by atoms with Crippen LogP contribution in [0.4, 0.5) is 0 Å². The minimum Gasteiger partial charge on any atom is -0.460 e. The summed E-state index contributed by atoms with van der Waals surface area (Å²) in [7, 11) is 0. The average molecular weight is 170 g/mol. The van der Waals surface area contributed by atoms with Gasteiger partial charge in [-0.3, -0.25) is 0 Å². The third kappa shape index (κ3) is 5.96. The van der Waals surface area contributed by atoms with Crippen molar-refractivity contribution >= 4 is 5.97 Å². The van der Waals surface area contributed by atoms with Crippen molar-refractivity contribution in [1.29, 1.82) is 0 Å². The SMILES string of the molecule is CCC/C(C)=C/C(=O)OC(C)C. The molecule has 2 heteroatoms. The van der Waals surface area contributed by atoms with Gasteiger partial charge < -0.3 is 4.74 Å². The molecule has 0 unspecified atom stereocenters. The van der Waals surface area contributed by atoms with Gasteiger partial charge in [-0.25, -0.2) is 4.79 Å². The van der Waals surface area contributed by atoms with Crippen LogP contribution < -0.4 is 0 Å². The van der Waals surface area contributed by atoms with E-state index in [1.807, 2.05) is 20.8 Å². The highest BCUT2D eigenvalue weighted by molar-refractivity contribution is 5.82. The zero-order valence-corrected chi connectivity index (χ0v) is 8.39. The van der Waals surface area contributed by atoms with Crippen LogP contribution in [0.3, 0.4) is 0 Å². The van der Waals surface area contributed by atoms with Gasteiger partial charge in [0.25, 0.3) is 0 Å². The van der Waals surface area contributed by atoms with Crippen molar-refractivity contribution in [2.24, 2.45) is 0 Å². The summed E-state index contributed by atoms with van der Waals surface area (Å²) in [6, 6.07) is 0. The van der Waals surface area contributed by atoms with Gasteiger partial charge in [-0.2, -0.15) is 0 Å². The molecule has 0 atom stereocenters. The van der Waals surface area contributed by atoms with Crippen LogP contribution in [-0.2, 0) is 9.53 Å². The maximum absolute atomic E-state index is 11.0. The third-order valence-corrected chi connectivity index (χ3v) is 1.36. The van der Waals surface area contributed by atoms with Crippen LogP contribution in [0, 0.1) is 0 Å². The van der Waals surface area contributed by atoms with Crippen molar-refractivity contribution in [2.45, 2.75) is 46.6 Å². The van der Waals surface area contributed by atoms with Crippen molar-refractivity contribution in [1.82, 2.24) is 0 Å². The molecule has 0 saturated heterocycles. The predicted octanol–water partition coefficient (Wildman–Crippen LogP) is 2.68. The summed E-state index contributed by atoms with van der Waals surface area (Å²) >= 11 is 0. The standard InChI is InChI=1S/C10H18O2/c1-5-6-9(4)7-10(11)12-8(2)3/h7-8H,5-6H2,1-4H3/b9-7+. The van der Waals surface area contributed by atoms with Crippen molar-refractivity contribution in [3.05, 3.63) is 11.6 Å². The molecule has 2 nitrogen and oxygen atoms in total. The maximum atomic E-state index is 11.0. The minimum absolute atomic E-state index is 0.0248. The van der Waals surface area contributed by atoms with Gasteiger partial charge >= 0.3 is 5.97 Å². The van der Waals surface area contributed by atoms with Gasteiger partial charge in [0.2, 0.25) is 0 Å². The number of carbonyl (C=O) groups excluding carboxylic acids is 1. The highest BCUT2D eigenvalue weighted by Gasteiger charge is 2.01. The molecule has 70 valence electrons. The van der Waals surface area contributed by atoms with Crippen LogP contribution in [0.2, 0.25) is 0 Å². The summed E-state index contributed by atoms with van der Waals surface area (Å²) < 4.78 is 4.95. The summed E-state index contributed by atoms with van der Waals surface area (Å²) in [4.78, 5) is 11.0. The van der Waals surface area contributed by atoms with E-state index in [1.54, 1.807) is 6.08 Å². The summed E-state index contributed by atoms with van der Waals surface area (Å²) in [5, 5.41) is 0. The number of hydrogen-bond donors (Lipinski definition) is 0. The topological polar surface area (TPSA) is 26.3 Å². The van der Waals surface area contributed by atoms with Crippen LogP contribution in [0.1, 0.15) is 40.5 Å². The smallest absolute Gasteiger partial charge is 0.330 e. The van der Waals surface area contributed by atoms with Gasteiger partial charge in [0, 0.05) is 6.08 Å². The van der Waals surface area contributed by atoms with Crippen molar-refractivity contribution in [3.8, 4) is 0 Å². The van der Waals surface area contributed by atoms with Gasteiger partial charge in [-0.15, -0.1) is 0 Å². The van der Waals surface area contributed by atoms with E-state index in [-0.39, 0.29) is 12.1 Å². The van der Waals surface area contributed by atoms with Crippen molar-refractivity contribution in [3.63, 3.8) is 0 Å². The number of allylic oxidation sites excluding steroid dienone is 1. The molecule has 0 aliphatic carbocycles. The first-order valence-electron chi connectivity index (χ1n) is 4.44. The average Bonchev–Trinajstić information content (AvgIpc) is 1.84. The lowest BCUT2D eigenvalue weighted by Crippen LogP contribution is -2.08. The van der Waals surface area contributed by atoms with Crippen LogP contribution in [0.5, 0.6) is 0 Å². The second-order valence-corrected chi connectivity index (χ2v) is 3.23. The third-order valence-electron chi connectivity index (χ3n) is 1.36. The molecule has 0 spiro atoms. The lowest BCUT2D eigenvalue weighted by atomic mass is 10.2. The fraction of sp³-hybridized carbons (Fsp3) is 0.700. The number of carbonyl (C=O) groups is 1. The fourth-order valence-corrected chi connectivity index (χ4v) is 0.934. The summed E-state index contributed by atoms with van der Waals surface area (Å²) in [5.74, 6) is -0.226. The molecule has 0 aromatic rings. The van der Waals surface area contributed by atoms with Crippen LogP contribution in [0.15, 0.2) is 11.6 Å². The number of hydrogen-bond acceptors (Lipinski definition) is 2. The normalized spacial score (nSPS) is 11.9. The molecule has 0 N–H and O–H groups in total. The Bertz CT molecular complexity index is 169. The van der Waals surface area contributed by atoms with E-state index in [4.69, 9.17) is 4.74 Å². The molecular formula is C10H18O2. The zero-order chi connectivity index (χ0) is 9.56. The van der Waals surface area contributed by atoms with E-state index in [1.165, 1.54) is 0 Å². The first-order chi connectivity index (χ1) is 5.56. The van der Waals surface area contributed by atoms with Crippen molar-refractivity contribution in [2.75, 3.05) is 0 Å². The van der Waals surface area contributed by atoms with E-state index in [2.05, 4.69) is 6.92 Å². The van der Waals surface area contributed by atoms with E-state index in [0.717, 1.165) is 18.4 Å². The molecule has 0 aliphatic heterocycles. The molecule has 0 aliphatic rings. The molecule has 0 fully saturated rings. The lowest BCUT2D eigenvalue weighted by molar-refractivity contribution is -0.141. The largest absolute Gasteiger partial charge is 0.460 e. The second kappa shape index (κ2) is 5.81. The molecule has 0 saturated carbocycles. The van der Waals surface area contributed by atoms with E-state index in [0.29, 0.717) is 0 Å². The fourth-order valence-electron chi connectivity index (χ4n) is 0.934. The number of rotatable bonds is 4. The predicted molar refractivity (Wildman–Crippen MR) is 49.9 cm³/mol. The quantitative estimate of drug-likeness (QED) is 0.479. The summed E-state index contributed by atoms with van der Waals surface area (Å²) in [5.41, 5.74) is 1.09. The Labute approximate surface area is 74.6 Å². The van der Waals surface area contributed by atoms with Crippen LogP contribution in [0.25, 0.3) is 0 Å². The zero-order valence-electron chi connectivity index (χ0n) is 8.39. The highest BCUT2D eigenvalue weighted by atomic mass is 16.5. The Morgan fingerprint density at radius 1 is 1.50 bits per heavy atom. The molecule has 0 aromatic carbocycles. The summed E-state index contributed by atoms with van der Waals surface area (Å²) in [6.07, 6.45) is 3.58. The first-order valence-corrected chi connectivity index (χ1v) is 4.44. The van der Waals surface area contributed by atoms with Gasteiger partial charge in [-0.05, 0) is 27.2 Å². The monoisotopic (exact) mass is 170 g/mol. The first kappa shape index (κ1) is 11.2. The van der Waals surface area contributed by atoms with E-state index >= 15 is 0 Å². The van der Waals surface area contributed by atoms with Gasteiger partial charge in [0.05, 0.1) is 6.10 Å². The van der Waals surface area contributed by atoms with E-state index in [9.17, 15) is 4.79 Å². The Morgan fingerprint density at radius 2 is 2.08 bits per heavy atom. The van der Waals surface area contributed by atoms with Gasteiger partial charge in [0.1, 0.15) is 0 Å². The Morgan fingerprint density at radius 3 is 2.50 bits per heavy atom. The highest BCUT2D eigenvalue weighted by Crippen LogP contribution is 2.03. The summed E-state index contributed by atoms with van der Waals surface area (Å²) in [6.45, 7) is 7.73. The van der Waals surface area contributed by atoms with Crippen LogP contribution in [-0.4, -0.2) is 12.1 Å². The molecular weight excluding hydrogens is 152 g/mol. The van der Waals surface area contributed by atoms with E-state index < -0.39 is 0 Å². The number of ether oxygens (including phenoxy) is 1. The number of esters is 1. The minimum atomic E-state index is -0.226. The van der Waals surface area contributed by atoms with Gasteiger partial charge in [-0.1, -0.05) is 18.9 Å². The van der Waals surface area contributed by atoms with Gasteiger partial charge in [0.15, 0.2) is 0 Å². The second-order valence-electron chi connectivity index (χ2n) is 3.23.